The monoisotopic (exact) mass is 281 g/mol. The average molecular weight is 281 g/mol. The lowest BCUT2D eigenvalue weighted by Gasteiger charge is -2.01. The summed E-state index contributed by atoms with van der Waals surface area (Å²) >= 11 is 0. The maximum absolute atomic E-state index is 13.6. The third kappa shape index (κ3) is 3.37. The molecule has 0 unspecified atom stereocenters. The van der Waals surface area contributed by atoms with Crippen LogP contribution in [0.4, 0.5) is 8.78 Å². The molecule has 0 saturated carbocycles. The summed E-state index contributed by atoms with van der Waals surface area (Å²) in [5.41, 5.74) is 0.605. The van der Waals surface area contributed by atoms with Gasteiger partial charge in [0.2, 0.25) is 0 Å². The Morgan fingerprint density at radius 2 is 2.10 bits per heavy atom. The predicted octanol–water partition coefficient (Wildman–Crippen LogP) is 2.34. The van der Waals surface area contributed by atoms with Crippen molar-refractivity contribution in [2.24, 2.45) is 0 Å². The molecule has 0 aliphatic heterocycles. The van der Waals surface area contributed by atoms with Gasteiger partial charge in [0.1, 0.15) is 5.69 Å². The van der Waals surface area contributed by atoms with Crippen LogP contribution in [0.3, 0.4) is 0 Å². The van der Waals surface area contributed by atoms with Gasteiger partial charge < -0.3 is 5.11 Å². The molecular weight excluding hydrogens is 268 g/mol. The zero-order chi connectivity index (χ0) is 14.5. The maximum Gasteiger partial charge on any atom is 0.303 e. The second-order valence-corrected chi connectivity index (χ2v) is 4.33. The molecule has 1 aromatic heterocycles. The van der Waals surface area contributed by atoms with Crippen LogP contribution in [0, 0.1) is 11.6 Å². The highest BCUT2D eigenvalue weighted by Crippen LogP contribution is 2.15. The molecule has 1 N–H and O–H groups in total. The molecule has 7 heteroatoms. The second kappa shape index (κ2) is 6.23. The number of halogens is 2. The molecule has 0 bridgehead atoms. The van der Waals surface area contributed by atoms with Gasteiger partial charge in [0.25, 0.3) is 0 Å². The van der Waals surface area contributed by atoms with Crippen LogP contribution < -0.4 is 0 Å². The molecule has 0 spiro atoms. The van der Waals surface area contributed by atoms with Crippen LogP contribution in [0.15, 0.2) is 24.4 Å². The Labute approximate surface area is 113 Å². The van der Waals surface area contributed by atoms with Crippen LogP contribution in [-0.4, -0.2) is 26.1 Å². The molecule has 5 nitrogen and oxygen atoms in total. The molecule has 0 atom stereocenters. The first kappa shape index (κ1) is 14.1. The average Bonchev–Trinajstić information content (AvgIpc) is 2.86. The molecule has 1 aromatic carbocycles. The van der Waals surface area contributed by atoms with E-state index >= 15 is 0 Å². The van der Waals surface area contributed by atoms with Crippen molar-refractivity contribution in [2.45, 2.75) is 25.7 Å². The highest BCUT2D eigenvalue weighted by molar-refractivity contribution is 5.66. The molecule has 0 aliphatic rings. The molecule has 0 amide bonds. The highest BCUT2D eigenvalue weighted by Gasteiger charge is 2.11. The van der Waals surface area contributed by atoms with Crippen molar-refractivity contribution in [3.8, 4) is 5.69 Å². The number of carboxylic acid groups (broad SMARTS) is 1. The maximum atomic E-state index is 13.6. The quantitative estimate of drug-likeness (QED) is 0.825. The first-order chi connectivity index (χ1) is 9.58. The lowest BCUT2D eigenvalue weighted by atomic mass is 10.1. The van der Waals surface area contributed by atoms with Gasteiger partial charge in [0, 0.05) is 6.42 Å². The van der Waals surface area contributed by atoms with E-state index < -0.39 is 17.6 Å². The molecular formula is C13H13F2N3O2. The van der Waals surface area contributed by atoms with Crippen molar-refractivity contribution in [3.05, 3.63) is 41.7 Å². The minimum atomic E-state index is -0.977. The summed E-state index contributed by atoms with van der Waals surface area (Å²) in [6, 6.07) is 3.83. The second-order valence-electron chi connectivity index (χ2n) is 4.33. The summed E-state index contributed by atoms with van der Waals surface area (Å²) in [7, 11) is 0. The number of aryl methyl sites for hydroxylation is 1. The number of aromatic nitrogens is 3. The molecule has 2 aromatic rings. The number of carboxylic acids is 1. The number of carbonyl (C=O) groups is 1. The van der Waals surface area contributed by atoms with Crippen molar-refractivity contribution in [3.63, 3.8) is 0 Å². The van der Waals surface area contributed by atoms with Crippen molar-refractivity contribution in [1.82, 2.24) is 15.0 Å². The van der Waals surface area contributed by atoms with E-state index in [9.17, 15) is 13.6 Å². The number of nitrogens with zero attached hydrogens (tertiary/aromatic N) is 3. The summed E-state index contributed by atoms with van der Waals surface area (Å²) in [6.07, 6.45) is 3.35. The fraction of sp³-hybridized carbons (Fsp3) is 0.308. The van der Waals surface area contributed by atoms with Gasteiger partial charge in [-0.25, -0.2) is 13.5 Å². The van der Waals surface area contributed by atoms with E-state index in [1.807, 2.05) is 0 Å². The van der Waals surface area contributed by atoms with Crippen molar-refractivity contribution >= 4 is 5.97 Å². The zero-order valence-electron chi connectivity index (χ0n) is 10.6. The Morgan fingerprint density at radius 1 is 1.30 bits per heavy atom. The Hall–Kier alpha value is -2.31. The lowest BCUT2D eigenvalue weighted by molar-refractivity contribution is -0.137. The predicted molar refractivity (Wildman–Crippen MR) is 66.5 cm³/mol. The molecule has 1 heterocycles. The number of hydrogen-bond acceptors (Lipinski definition) is 3. The first-order valence-corrected chi connectivity index (χ1v) is 6.15. The largest absolute Gasteiger partial charge is 0.481 e. The third-order valence-corrected chi connectivity index (χ3v) is 2.79. The lowest BCUT2D eigenvalue weighted by Crippen LogP contribution is -2.00. The van der Waals surface area contributed by atoms with Crippen LogP contribution in [0.5, 0.6) is 0 Å². The SMILES string of the molecule is O=C(O)CCCCc1cn(-c2cccc(F)c2F)nn1. The van der Waals surface area contributed by atoms with Crippen LogP contribution in [0.2, 0.25) is 0 Å². The Morgan fingerprint density at radius 3 is 2.85 bits per heavy atom. The molecule has 0 radical (unpaired) electrons. The number of hydrogen-bond donors (Lipinski definition) is 1. The normalized spacial score (nSPS) is 10.7. The first-order valence-electron chi connectivity index (χ1n) is 6.15. The van der Waals surface area contributed by atoms with Gasteiger partial charge in [0.05, 0.1) is 11.9 Å². The number of aliphatic carboxylic acids is 1. The van der Waals surface area contributed by atoms with E-state index in [4.69, 9.17) is 5.11 Å². The Kier molecular flexibility index (Phi) is 4.39. The Bertz CT molecular complexity index is 613. The van der Waals surface area contributed by atoms with Gasteiger partial charge in [-0.1, -0.05) is 11.3 Å². The van der Waals surface area contributed by atoms with Gasteiger partial charge in [-0.3, -0.25) is 4.79 Å². The van der Waals surface area contributed by atoms with Gasteiger partial charge >= 0.3 is 5.97 Å². The fourth-order valence-corrected chi connectivity index (χ4v) is 1.78. The summed E-state index contributed by atoms with van der Waals surface area (Å²) in [4.78, 5) is 10.4. The van der Waals surface area contributed by atoms with E-state index in [1.165, 1.54) is 23.0 Å². The number of rotatable bonds is 6. The van der Waals surface area contributed by atoms with E-state index in [-0.39, 0.29) is 12.1 Å². The molecule has 0 fully saturated rings. The Balaban J connectivity index is 2.02. The van der Waals surface area contributed by atoms with Crippen molar-refractivity contribution < 1.29 is 18.7 Å². The third-order valence-electron chi connectivity index (χ3n) is 2.79. The topological polar surface area (TPSA) is 68.0 Å². The summed E-state index contributed by atoms with van der Waals surface area (Å²) in [5.74, 6) is -2.76. The minimum Gasteiger partial charge on any atom is -0.481 e. The van der Waals surface area contributed by atoms with Crippen molar-refractivity contribution in [1.29, 1.82) is 0 Å². The van der Waals surface area contributed by atoms with Gasteiger partial charge in [0.15, 0.2) is 11.6 Å². The van der Waals surface area contributed by atoms with E-state index in [0.717, 1.165) is 6.07 Å². The summed E-state index contributed by atoms with van der Waals surface area (Å²) in [6.45, 7) is 0. The zero-order valence-corrected chi connectivity index (χ0v) is 10.6. The smallest absolute Gasteiger partial charge is 0.303 e. The molecule has 20 heavy (non-hydrogen) atoms. The van der Waals surface area contributed by atoms with Crippen LogP contribution in [-0.2, 0) is 11.2 Å². The molecule has 106 valence electrons. The van der Waals surface area contributed by atoms with Gasteiger partial charge in [-0.15, -0.1) is 5.10 Å². The van der Waals surface area contributed by atoms with E-state index in [2.05, 4.69) is 10.3 Å². The summed E-state index contributed by atoms with van der Waals surface area (Å²) in [5, 5.41) is 16.1. The molecule has 0 aliphatic carbocycles. The van der Waals surface area contributed by atoms with Crippen LogP contribution >= 0.6 is 0 Å². The van der Waals surface area contributed by atoms with Crippen LogP contribution in [0.25, 0.3) is 5.69 Å². The molecule has 0 saturated heterocycles. The standard InChI is InChI=1S/C13H13F2N3O2/c14-10-5-3-6-11(13(10)15)18-8-9(16-17-18)4-1-2-7-12(19)20/h3,5-6,8H,1-2,4,7H2,(H,19,20). The van der Waals surface area contributed by atoms with E-state index in [0.29, 0.717) is 25.0 Å². The van der Waals surface area contributed by atoms with Gasteiger partial charge in [-0.05, 0) is 31.4 Å². The van der Waals surface area contributed by atoms with E-state index in [1.54, 1.807) is 0 Å². The number of unbranched alkanes of at least 4 members (excludes halogenated alkanes) is 1. The molecule has 2 rings (SSSR count). The summed E-state index contributed by atoms with van der Waals surface area (Å²) < 4.78 is 27.8. The fourth-order valence-electron chi connectivity index (χ4n) is 1.78. The van der Waals surface area contributed by atoms with Gasteiger partial charge in [-0.2, -0.15) is 0 Å². The highest BCUT2D eigenvalue weighted by atomic mass is 19.2. The number of benzene rings is 1. The van der Waals surface area contributed by atoms with Crippen LogP contribution in [0.1, 0.15) is 25.0 Å². The van der Waals surface area contributed by atoms with Crippen molar-refractivity contribution in [2.75, 3.05) is 0 Å². The minimum absolute atomic E-state index is 0.00529.